The van der Waals surface area contributed by atoms with E-state index in [-0.39, 0.29) is 22.7 Å². The molecule has 0 aliphatic rings. The molecule has 2 aromatic rings. The Bertz CT molecular complexity index is 867. The normalized spacial score (nSPS) is 9.24. The van der Waals surface area contributed by atoms with Crippen LogP contribution in [-0.4, -0.2) is 10.1 Å². The summed E-state index contributed by atoms with van der Waals surface area (Å²) >= 11 is 6.09. The van der Waals surface area contributed by atoms with E-state index in [1.54, 1.807) is 30.3 Å². The Labute approximate surface area is 124 Å². The number of rotatable bonds is 2. The van der Waals surface area contributed by atoms with E-state index in [4.69, 9.17) is 27.4 Å². The number of anilines is 1. The third-order valence-corrected chi connectivity index (χ3v) is 2.97. The lowest BCUT2D eigenvalue weighted by Gasteiger charge is -2.10. The van der Waals surface area contributed by atoms with Crippen molar-refractivity contribution in [2.75, 3.05) is 5.32 Å². The highest BCUT2D eigenvalue weighted by molar-refractivity contribution is 6.36. The highest BCUT2D eigenvalue weighted by Crippen LogP contribution is 2.36. The minimum Gasteiger partial charge on any atom is -0.504 e. The minimum atomic E-state index is -0.394. The van der Waals surface area contributed by atoms with Crippen LogP contribution in [-0.2, 0) is 0 Å². The van der Waals surface area contributed by atoms with Crippen molar-refractivity contribution in [3.05, 3.63) is 40.7 Å². The van der Waals surface area contributed by atoms with Gasteiger partial charge in [-0.05, 0) is 18.2 Å². The molecule has 100 valence electrons. The molecule has 1 aromatic heterocycles. The number of pyridine rings is 1. The van der Waals surface area contributed by atoms with Crippen molar-refractivity contribution in [2.45, 2.75) is 0 Å². The standard InChI is InChI=1S/C14H6ClN5O/c15-10-4-11(20-12(7-18)8(5-16)6-17)14(21)13-9(10)2-1-3-19-13/h1-4,20-21H. The minimum absolute atomic E-state index is 0.0887. The summed E-state index contributed by atoms with van der Waals surface area (Å²) in [7, 11) is 0. The fourth-order valence-electron chi connectivity index (χ4n) is 1.70. The number of fused-ring (bicyclic) bond motifs is 1. The van der Waals surface area contributed by atoms with Gasteiger partial charge in [-0.1, -0.05) is 11.6 Å². The smallest absolute Gasteiger partial charge is 0.165 e. The zero-order valence-corrected chi connectivity index (χ0v) is 11.2. The van der Waals surface area contributed by atoms with E-state index in [9.17, 15) is 5.11 Å². The molecule has 0 saturated heterocycles. The average Bonchev–Trinajstić information content (AvgIpc) is 2.52. The molecule has 0 aliphatic carbocycles. The molecule has 0 amide bonds. The first-order chi connectivity index (χ1) is 10.1. The zero-order valence-electron chi connectivity index (χ0n) is 10.4. The second-order valence-electron chi connectivity index (χ2n) is 3.86. The summed E-state index contributed by atoms with van der Waals surface area (Å²) in [4.78, 5) is 4.02. The summed E-state index contributed by atoms with van der Waals surface area (Å²) < 4.78 is 0. The SMILES string of the molecule is N#CC(C#N)=C(C#N)Nc1cc(Cl)c2cccnc2c1O. The average molecular weight is 296 g/mol. The first kappa shape index (κ1) is 14.1. The summed E-state index contributed by atoms with van der Waals surface area (Å²) in [6.07, 6.45) is 1.49. The van der Waals surface area contributed by atoms with E-state index in [0.717, 1.165) is 0 Å². The Hall–Kier alpha value is -3.27. The number of halogens is 1. The highest BCUT2D eigenvalue weighted by Gasteiger charge is 2.14. The molecule has 1 aromatic carbocycles. The van der Waals surface area contributed by atoms with E-state index in [2.05, 4.69) is 10.3 Å². The van der Waals surface area contributed by atoms with Gasteiger partial charge in [0.25, 0.3) is 0 Å². The first-order valence-corrected chi connectivity index (χ1v) is 5.98. The second kappa shape index (κ2) is 5.79. The predicted octanol–water partition coefficient (Wildman–Crippen LogP) is 2.83. The van der Waals surface area contributed by atoms with Crippen LogP contribution < -0.4 is 5.32 Å². The Balaban J connectivity index is 2.63. The molecule has 2 rings (SSSR count). The molecular formula is C14H6ClN5O. The van der Waals surface area contributed by atoms with Crippen molar-refractivity contribution in [1.82, 2.24) is 4.98 Å². The van der Waals surface area contributed by atoms with Crippen LogP contribution >= 0.6 is 11.6 Å². The largest absolute Gasteiger partial charge is 0.504 e. The van der Waals surface area contributed by atoms with Crippen LogP contribution in [0.5, 0.6) is 5.75 Å². The van der Waals surface area contributed by atoms with Crippen LogP contribution in [0.3, 0.4) is 0 Å². The Morgan fingerprint density at radius 1 is 1.24 bits per heavy atom. The van der Waals surface area contributed by atoms with Crippen LogP contribution in [0.2, 0.25) is 5.02 Å². The number of aromatic nitrogens is 1. The molecule has 1 heterocycles. The zero-order chi connectivity index (χ0) is 15.4. The molecule has 21 heavy (non-hydrogen) atoms. The van der Waals surface area contributed by atoms with Crippen molar-refractivity contribution in [1.29, 1.82) is 15.8 Å². The summed E-state index contributed by atoms with van der Waals surface area (Å²) in [6.45, 7) is 0. The van der Waals surface area contributed by atoms with Gasteiger partial charge < -0.3 is 10.4 Å². The van der Waals surface area contributed by atoms with Crippen LogP contribution in [0.1, 0.15) is 0 Å². The number of aromatic hydroxyl groups is 1. The van der Waals surface area contributed by atoms with Crippen LogP contribution in [0.4, 0.5) is 5.69 Å². The molecule has 7 heteroatoms. The molecule has 0 spiro atoms. The Morgan fingerprint density at radius 2 is 1.95 bits per heavy atom. The Morgan fingerprint density at radius 3 is 2.57 bits per heavy atom. The number of benzene rings is 1. The van der Waals surface area contributed by atoms with Crippen LogP contribution in [0.15, 0.2) is 35.7 Å². The molecule has 0 unspecified atom stereocenters. The van der Waals surface area contributed by atoms with Crippen molar-refractivity contribution in [3.63, 3.8) is 0 Å². The number of nitriles is 3. The lowest BCUT2D eigenvalue weighted by molar-refractivity contribution is 0.482. The maximum absolute atomic E-state index is 10.2. The lowest BCUT2D eigenvalue weighted by Crippen LogP contribution is -2.01. The summed E-state index contributed by atoms with van der Waals surface area (Å²) in [6, 6.07) is 9.64. The van der Waals surface area contributed by atoms with Crippen LogP contribution in [0, 0.1) is 34.0 Å². The molecule has 0 radical (unpaired) electrons. The topological polar surface area (TPSA) is 117 Å². The van der Waals surface area contributed by atoms with Gasteiger partial charge in [0.15, 0.2) is 11.3 Å². The third kappa shape index (κ3) is 2.55. The van der Waals surface area contributed by atoms with E-state index in [1.165, 1.54) is 12.3 Å². The maximum atomic E-state index is 10.2. The summed E-state index contributed by atoms with van der Waals surface area (Å²) in [5, 5.41) is 40.1. The molecule has 0 atom stereocenters. The van der Waals surface area contributed by atoms with Gasteiger partial charge >= 0.3 is 0 Å². The van der Waals surface area contributed by atoms with E-state index >= 15 is 0 Å². The lowest BCUT2D eigenvalue weighted by atomic mass is 10.1. The molecular weight excluding hydrogens is 290 g/mol. The van der Waals surface area contributed by atoms with Gasteiger partial charge in [-0.15, -0.1) is 0 Å². The van der Waals surface area contributed by atoms with Crippen LogP contribution in [0.25, 0.3) is 10.9 Å². The number of phenols is 1. The molecule has 0 saturated carbocycles. The van der Waals surface area contributed by atoms with Gasteiger partial charge in [-0.3, -0.25) is 4.98 Å². The van der Waals surface area contributed by atoms with E-state index in [1.807, 2.05) is 0 Å². The van der Waals surface area contributed by atoms with Crippen molar-refractivity contribution < 1.29 is 5.11 Å². The van der Waals surface area contributed by atoms with Crippen molar-refractivity contribution in [3.8, 4) is 24.0 Å². The maximum Gasteiger partial charge on any atom is 0.165 e. The summed E-state index contributed by atoms with van der Waals surface area (Å²) in [5.41, 5.74) is -0.332. The number of hydrogen-bond donors (Lipinski definition) is 2. The second-order valence-corrected chi connectivity index (χ2v) is 4.27. The number of nitrogens with one attached hydrogen (secondary N) is 1. The fraction of sp³-hybridized carbons (Fsp3) is 0. The highest BCUT2D eigenvalue weighted by atomic mass is 35.5. The number of allylic oxidation sites excluding steroid dienone is 2. The molecule has 2 N–H and O–H groups in total. The number of nitrogens with zero attached hydrogens (tertiary/aromatic N) is 4. The number of hydrogen-bond acceptors (Lipinski definition) is 6. The van der Waals surface area contributed by atoms with Gasteiger partial charge in [0.2, 0.25) is 0 Å². The molecule has 0 bridgehead atoms. The Kier molecular flexibility index (Phi) is 3.90. The quantitative estimate of drug-likeness (QED) is 0.650. The van der Waals surface area contributed by atoms with E-state index in [0.29, 0.717) is 10.4 Å². The van der Waals surface area contributed by atoms with Gasteiger partial charge in [0, 0.05) is 11.6 Å². The molecule has 0 aliphatic heterocycles. The fourth-order valence-corrected chi connectivity index (χ4v) is 1.96. The monoisotopic (exact) mass is 295 g/mol. The van der Waals surface area contributed by atoms with Crippen molar-refractivity contribution in [2.24, 2.45) is 0 Å². The van der Waals surface area contributed by atoms with E-state index < -0.39 is 5.57 Å². The predicted molar refractivity (Wildman–Crippen MR) is 75.9 cm³/mol. The molecule has 6 nitrogen and oxygen atoms in total. The number of phenolic OH excluding ortho intramolecular Hbond substituents is 1. The third-order valence-electron chi connectivity index (χ3n) is 2.66. The van der Waals surface area contributed by atoms with Crippen molar-refractivity contribution >= 4 is 28.2 Å². The summed E-state index contributed by atoms with van der Waals surface area (Å²) in [5.74, 6) is -0.224. The van der Waals surface area contributed by atoms with Gasteiger partial charge in [0.05, 0.1) is 10.7 Å². The van der Waals surface area contributed by atoms with Gasteiger partial charge in [0.1, 0.15) is 29.4 Å². The van der Waals surface area contributed by atoms with Gasteiger partial charge in [-0.2, -0.15) is 15.8 Å². The molecule has 0 fully saturated rings. The van der Waals surface area contributed by atoms with Gasteiger partial charge in [-0.25, -0.2) is 0 Å². The first-order valence-electron chi connectivity index (χ1n) is 5.60.